The molecule has 4 rings (SSSR count). The molecule has 0 unspecified atom stereocenters. The van der Waals surface area contributed by atoms with Gasteiger partial charge in [-0.25, -0.2) is 0 Å². The number of aromatic hydroxyl groups is 1. The summed E-state index contributed by atoms with van der Waals surface area (Å²) in [5.41, 5.74) is 1.92. The van der Waals surface area contributed by atoms with Crippen molar-refractivity contribution in [2.75, 3.05) is 4.90 Å². The minimum Gasteiger partial charge on any atom is -0.507 e. The Labute approximate surface area is 228 Å². The minimum atomic E-state index is -0.613. The lowest BCUT2D eigenvalue weighted by molar-refractivity contribution is -0.122. The first-order valence-corrected chi connectivity index (χ1v) is 12.8. The fraction of sp³-hybridized carbons (Fsp3) is 0.258. The Morgan fingerprint density at radius 3 is 2.05 bits per heavy atom. The lowest BCUT2D eigenvalue weighted by atomic mass is 9.78. The average molecular weight is 529 g/mol. The molecule has 2 N–H and O–H groups in total. The molecule has 3 aromatic rings. The van der Waals surface area contributed by atoms with E-state index in [2.05, 4.69) is 26.1 Å². The number of anilines is 1. The van der Waals surface area contributed by atoms with E-state index >= 15 is 0 Å². The van der Waals surface area contributed by atoms with Crippen molar-refractivity contribution < 1.29 is 19.4 Å². The van der Waals surface area contributed by atoms with Gasteiger partial charge in [0.2, 0.25) is 0 Å². The van der Waals surface area contributed by atoms with Gasteiger partial charge in [0.25, 0.3) is 11.8 Å². The van der Waals surface area contributed by atoms with E-state index in [0.717, 1.165) is 11.1 Å². The van der Waals surface area contributed by atoms with Crippen LogP contribution in [0.15, 0.2) is 72.3 Å². The van der Waals surface area contributed by atoms with Crippen LogP contribution < -0.4 is 15.0 Å². The van der Waals surface area contributed by atoms with Gasteiger partial charge < -0.3 is 9.84 Å². The van der Waals surface area contributed by atoms with E-state index in [1.54, 1.807) is 24.3 Å². The van der Waals surface area contributed by atoms with Crippen LogP contribution in [0.5, 0.6) is 17.2 Å². The fourth-order valence-corrected chi connectivity index (χ4v) is 4.39. The van der Waals surface area contributed by atoms with Gasteiger partial charge in [-0.15, -0.1) is 0 Å². The summed E-state index contributed by atoms with van der Waals surface area (Å²) in [5.74, 6) is 0.134. The molecule has 6 nitrogen and oxygen atoms in total. The highest BCUT2D eigenvalue weighted by molar-refractivity contribution is 7.80. The number of carbonyl (C=O) groups excluding carboxylic acids is 2. The molecule has 0 bridgehead atoms. The summed E-state index contributed by atoms with van der Waals surface area (Å²) >= 11 is 5.35. The van der Waals surface area contributed by atoms with Crippen LogP contribution in [0.25, 0.3) is 6.08 Å². The highest BCUT2D eigenvalue weighted by Crippen LogP contribution is 2.39. The first-order valence-electron chi connectivity index (χ1n) is 12.4. The molecular weight excluding hydrogens is 496 g/mol. The molecule has 0 aliphatic carbocycles. The largest absolute Gasteiger partial charge is 0.507 e. The zero-order chi connectivity index (χ0) is 27.8. The third kappa shape index (κ3) is 5.63. The maximum absolute atomic E-state index is 13.6. The summed E-state index contributed by atoms with van der Waals surface area (Å²) in [7, 11) is 0. The number of nitrogens with one attached hydrogen (secondary N) is 1. The zero-order valence-electron chi connectivity index (χ0n) is 22.5. The maximum atomic E-state index is 13.6. The van der Waals surface area contributed by atoms with Crippen LogP contribution in [0.1, 0.15) is 58.2 Å². The normalized spacial score (nSPS) is 15.6. The van der Waals surface area contributed by atoms with Crippen molar-refractivity contribution >= 4 is 40.9 Å². The summed E-state index contributed by atoms with van der Waals surface area (Å²) in [5, 5.41) is 13.8. The SMILES string of the molecule is CC(C)(C)c1cc(C=C2C(=O)NC(=S)N(c3ccc(Oc4ccccc4)cc3)C2=O)c(O)c(C(C)(C)C)c1. The molecule has 7 heteroatoms. The van der Waals surface area contributed by atoms with Crippen molar-refractivity contribution in [2.45, 2.75) is 52.4 Å². The third-order valence-corrected chi connectivity index (χ3v) is 6.57. The summed E-state index contributed by atoms with van der Waals surface area (Å²) in [4.78, 5) is 27.8. The summed E-state index contributed by atoms with van der Waals surface area (Å²) in [6, 6.07) is 20.0. The van der Waals surface area contributed by atoms with E-state index in [1.165, 1.54) is 11.0 Å². The van der Waals surface area contributed by atoms with Crippen LogP contribution in [-0.4, -0.2) is 22.0 Å². The highest BCUT2D eigenvalue weighted by Gasteiger charge is 2.35. The molecule has 1 heterocycles. The summed E-state index contributed by atoms with van der Waals surface area (Å²) < 4.78 is 5.84. The number of carbonyl (C=O) groups is 2. The van der Waals surface area contributed by atoms with Crippen LogP contribution in [-0.2, 0) is 20.4 Å². The van der Waals surface area contributed by atoms with Crippen LogP contribution in [0.3, 0.4) is 0 Å². The maximum Gasteiger partial charge on any atom is 0.270 e. The fourth-order valence-electron chi connectivity index (χ4n) is 4.11. The van der Waals surface area contributed by atoms with E-state index in [0.29, 0.717) is 22.7 Å². The highest BCUT2D eigenvalue weighted by atomic mass is 32.1. The average Bonchev–Trinajstić information content (AvgIpc) is 2.83. The first kappa shape index (κ1) is 27.1. The third-order valence-electron chi connectivity index (χ3n) is 6.29. The Bertz CT molecular complexity index is 1430. The molecule has 0 saturated carbocycles. The van der Waals surface area contributed by atoms with Crippen molar-refractivity contribution in [1.82, 2.24) is 5.32 Å². The monoisotopic (exact) mass is 528 g/mol. The van der Waals surface area contributed by atoms with Crippen LogP contribution in [0.4, 0.5) is 5.69 Å². The number of amides is 2. The molecule has 0 radical (unpaired) electrons. The molecule has 196 valence electrons. The minimum absolute atomic E-state index is 0.0167. The topological polar surface area (TPSA) is 78.9 Å². The van der Waals surface area contributed by atoms with Crippen LogP contribution in [0, 0.1) is 0 Å². The van der Waals surface area contributed by atoms with Gasteiger partial charge in [0.15, 0.2) is 5.11 Å². The molecule has 38 heavy (non-hydrogen) atoms. The predicted molar refractivity (Wildman–Crippen MR) is 155 cm³/mol. The van der Waals surface area contributed by atoms with Crippen molar-refractivity contribution in [2.24, 2.45) is 0 Å². The van der Waals surface area contributed by atoms with Crippen LogP contribution >= 0.6 is 12.2 Å². The number of hydrogen-bond donors (Lipinski definition) is 2. The van der Waals surface area contributed by atoms with Crippen molar-refractivity contribution in [3.05, 3.63) is 89.0 Å². The molecule has 3 aromatic carbocycles. The standard InChI is InChI=1S/C31H32N2O4S/c1-30(2,3)20-16-19(26(34)25(18-20)31(4,5)6)17-24-27(35)32-29(38)33(28(24)36)21-12-14-23(15-13-21)37-22-10-8-7-9-11-22/h7-18,34H,1-6H3,(H,32,35,38). The second-order valence-corrected chi connectivity index (χ2v) is 11.7. The van der Waals surface area contributed by atoms with Gasteiger partial charge in [-0.05, 0) is 77.2 Å². The van der Waals surface area contributed by atoms with E-state index in [9.17, 15) is 14.7 Å². The van der Waals surface area contributed by atoms with E-state index in [4.69, 9.17) is 17.0 Å². The summed E-state index contributed by atoms with van der Waals surface area (Å²) in [6.07, 6.45) is 1.44. The smallest absolute Gasteiger partial charge is 0.270 e. The summed E-state index contributed by atoms with van der Waals surface area (Å²) in [6.45, 7) is 12.3. The lowest BCUT2D eigenvalue weighted by Gasteiger charge is -2.30. The lowest BCUT2D eigenvalue weighted by Crippen LogP contribution is -2.54. The molecule has 0 spiro atoms. The van der Waals surface area contributed by atoms with Crippen molar-refractivity contribution in [1.29, 1.82) is 0 Å². The number of phenolic OH excluding ortho intramolecular Hbond substituents is 1. The number of thiocarbonyl (C=S) groups is 1. The molecular formula is C31H32N2O4S. The Morgan fingerprint density at radius 2 is 1.47 bits per heavy atom. The quantitative estimate of drug-likeness (QED) is 0.226. The van der Waals surface area contributed by atoms with Gasteiger partial charge >= 0.3 is 0 Å². The van der Waals surface area contributed by atoms with Crippen molar-refractivity contribution in [3.8, 4) is 17.2 Å². The van der Waals surface area contributed by atoms with E-state index < -0.39 is 11.8 Å². The Kier molecular flexibility index (Phi) is 7.17. The second-order valence-electron chi connectivity index (χ2n) is 11.3. The zero-order valence-corrected chi connectivity index (χ0v) is 23.3. The molecule has 1 aliphatic heterocycles. The number of benzene rings is 3. The first-order chi connectivity index (χ1) is 17.8. The van der Waals surface area contributed by atoms with E-state index in [-0.39, 0.29) is 27.3 Å². The number of hydrogen-bond acceptors (Lipinski definition) is 5. The number of para-hydroxylation sites is 1. The molecule has 0 atom stereocenters. The van der Waals surface area contributed by atoms with Crippen molar-refractivity contribution in [3.63, 3.8) is 0 Å². The molecule has 1 saturated heterocycles. The van der Waals surface area contributed by atoms with Gasteiger partial charge in [0.1, 0.15) is 22.8 Å². The Balaban J connectivity index is 1.72. The molecule has 2 amide bonds. The number of phenols is 1. The molecule has 0 aromatic heterocycles. The molecule has 1 aliphatic rings. The second kappa shape index (κ2) is 10.1. The predicted octanol–water partition coefficient (Wildman–Crippen LogP) is 6.61. The van der Waals surface area contributed by atoms with Gasteiger partial charge in [-0.1, -0.05) is 65.8 Å². The Morgan fingerprint density at radius 1 is 0.868 bits per heavy atom. The molecule has 1 fully saturated rings. The van der Waals surface area contributed by atoms with Gasteiger partial charge in [-0.2, -0.15) is 0 Å². The van der Waals surface area contributed by atoms with Gasteiger partial charge in [-0.3, -0.25) is 19.8 Å². The van der Waals surface area contributed by atoms with E-state index in [1.807, 2.05) is 63.2 Å². The van der Waals surface area contributed by atoms with Crippen LogP contribution in [0.2, 0.25) is 0 Å². The Hall–Kier alpha value is -3.97. The number of rotatable bonds is 4. The number of nitrogens with zero attached hydrogens (tertiary/aromatic N) is 1. The van der Waals surface area contributed by atoms with Gasteiger partial charge in [0.05, 0.1) is 5.69 Å². The van der Waals surface area contributed by atoms with Gasteiger partial charge in [0, 0.05) is 11.1 Å². The number of ether oxygens (including phenoxy) is 1.